The molecule has 0 unspecified atom stereocenters. The third-order valence-corrected chi connectivity index (χ3v) is 4.34. The minimum Gasteiger partial charge on any atom is -0.398 e. The van der Waals surface area contributed by atoms with Gasteiger partial charge in [-0.3, -0.25) is 4.79 Å². The second kappa shape index (κ2) is 4.70. The zero-order valence-electron chi connectivity index (χ0n) is 10.2. The van der Waals surface area contributed by atoms with Crippen LogP contribution in [0.15, 0.2) is 46.2 Å². The van der Waals surface area contributed by atoms with Crippen LogP contribution in [0.3, 0.4) is 0 Å². The first-order chi connectivity index (χ1) is 9.15. The average molecular weight is 273 g/mol. The Balaban J connectivity index is 2.00. The SMILES string of the molecule is Nc1cc2c(cc1Sc1ccccc1F)C(=O)CC2. The Kier molecular flexibility index (Phi) is 3.03. The zero-order chi connectivity index (χ0) is 13.4. The monoisotopic (exact) mass is 273 g/mol. The van der Waals surface area contributed by atoms with Crippen molar-refractivity contribution >= 4 is 23.2 Å². The van der Waals surface area contributed by atoms with E-state index < -0.39 is 0 Å². The molecule has 0 radical (unpaired) electrons. The third kappa shape index (κ3) is 2.24. The van der Waals surface area contributed by atoms with Gasteiger partial charge in [0.05, 0.1) is 0 Å². The van der Waals surface area contributed by atoms with Crippen LogP contribution in [0.1, 0.15) is 22.3 Å². The number of benzene rings is 2. The Morgan fingerprint density at radius 2 is 1.89 bits per heavy atom. The number of aryl methyl sites for hydroxylation is 1. The Hall–Kier alpha value is -1.81. The highest BCUT2D eigenvalue weighted by atomic mass is 32.2. The van der Waals surface area contributed by atoms with E-state index in [0.29, 0.717) is 17.0 Å². The molecular weight excluding hydrogens is 261 g/mol. The fourth-order valence-corrected chi connectivity index (χ4v) is 3.13. The number of fused-ring (bicyclic) bond motifs is 1. The standard InChI is InChI=1S/C15H12FNOS/c16-11-3-1-2-4-14(11)19-15-8-10-9(7-12(15)17)5-6-13(10)18/h1-4,7-8H,5-6,17H2. The van der Waals surface area contributed by atoms with Crippen LogP contribution in [0.5, 0.6) is 0 Å². The van der Waals surface area contributed by atoms with Gasteiger partial charge in [0.25, 0.3) is 0 Å². The van der Waals surface area contributed by atoms with Gasteiger partial charge >= 0.3 is 0 Å². The lowest BCUT2D eigenvalue weighted by atomic mass is 10.1. The van der Waals surface area contributed by atoms with Crippen LogP contribution in [0.4, 0.5) is 10.1 Å². The highest BCUT2D eigenvalue weighted by molar-refractivity contribution is 7.99. The maximum absolute atomic E-state index is 13.6. The Labute approximate surface area is 114 Å². The van der Waals surface area contributed by atoms with E-state index in [-0.39, 0.29) is 11.6 Å². The molecule has 0 atom stereocenters. The van der Waals surface area contributed by atoms with E-state index >= 15 is 0 Å². The molecule has 0 saturated heterocycles. The summed E-state index contributed by atoms with van der Waals surface area (Å²) in [5, 5.41) is 0. The van der Waals surface area contributed by atoms with E-state index in [1.807, 2.05) is 6.07 Å². The molecule has 2 N–H and O–H groups in total. The molecule has 0 amide bonds. The first-order valence-electron chi connectivity index (χ1n) is 6.03. The van der Waals surface area contributed by atoms with Crippen molar-refractivity contribution in [3.05, 3.63) is 53.3 Å². The molecule has 3 rings (SSSR count). The lowest BCUT2D eigenvalue weighted by molar-refractivity contribution is 0.0994. The normalized spacial score (nSPS) is 13.6. The van der Waals surface area contributed by atoms with Gasteiger partial charge in [0, 0.05) is 27.5 Å². The molecule has 0 bridgehead atoms. The van der Waals surface area contributed by atoms with Crippen molar-refractivity contribution in [1.82, 2.24) is 0 Å². The van der Waals surface area contributed by atoms with Crippen molar-refractivity contribution < 1.29 is 9.18 Å². The number of nitrogen functional groups attached to an aromatic ring is 1. The van der Waals surface area contributed by atoms with Crippen LogP contribution in [-0.2, 0) is 6.42 Å². The first-order valence-corrected chi connectivity index (χ1v) is 6.85. The molecule has 19 heavy (non-hydrogen) atoms. The van der Waals surface area contributed by atoms with Crippen LogP contribution in [-0.4, -0.2) is 5.78 Å². The number of anilines is 1. The number of carbonyl (C=O) groups excluding carboxylic acids is 1. The molecule has 0 aromatic heterocycles. The summed E-state index contributed by atoms with van der Waals surface area (Å²) in [7, 11) is 0. The highest BCUT2D eigenvalue weighted by Gasteiger charge is 2.21. The molecule has 1 aliphatic rings. The molecule has 96 valence electrons. The zero-order valence-corrected chi connectivity index (χ0v) is 11.0. The Morgan fingerprint density at radius 1 is 1.11 bits per heavy atom. The first kappa shape index (κ1) is 12.2. The van der Waals surface area contributed by atoms with E-state index in [4.69, 9.17) is 5.73 Å². The van der Waals surface area contributed by atoms with Gasteiger partial charge in [-0.15, -0.1) is 0 Å². The number of rotatable bonds is 2. The number of carbonyl (C=O) groups is 1. The lowest BCUT2D eigenvalue weighted by Gasteiger charge is -2.08. The fraction of sp³-hybridized carbons (Fsp3) is 0.133. The van der Waals surface area contributed by atoms with Crippen LogP contribution in [0.25, 0.3) is 0 Å². The summed E-state index contributed by atoms with van der Waals surface area (Å²) >= 11 is 1.26. The van der Waals surface area contributed by atoms with E-state index in [2.05, 4.69) is 0 Å². The van der Waals surface area contributed by atoms with Crippen molar-refractivity contribution in [2.45, 2.75) is 22.6 Å². The molecule has 2 nitrogen and oxygen atoms in total. The number of Topliss-reactive ketones (excluding diaryl/α,β-unsaturated/α-hetero) is 1. The third-order valence-electron chi connectivity index (χ3n) is 3.21. The summed E-state index contributed by atoms with van der Waals surface area (Å²) in [4.78, 5) is 13.0. The number of nitrogens with two attached hydrogens (primary N) is 1. The highest BCUT2D eigenvalue weighted by Crippen LogP contribution is 2.37. The molecule has 0 spiro atoms. The molecule has 0 aliphatic heterocycles. The van der Waals surface area contributed by atoms with Crippen LogP contribution < -0.4 is 5.73 Å². The minimum absolute atomic E-state index is 0.144. The van der Waals surface area contributed by atoms with Gasteiger partial charge in [0.1, 0.15) is 5.82 Å². The topological polar surface area (TPSA) is 43.1 Å². The largest absolute Gasteiger partial charge is 0.398 e. The van der Waals surface area contributed by atoms with Gasteiger partial charge in [-0.2, -0.15) is 0 Å². The summed E-state index contributed by atoms with van der Waals surface area (Å²) in [6.45, 7) is 0. The molecule has 0 fully saturated rings. The molecule has 2 aromatic carbocycles. The van der Waals surface area contributed by atoms with Gasteiger partial charge in [-0.1, -0.05) is 23.9 Å². The van der Waals surface area contributed by atoms with Gasteiger partial charge in [-0.25, -0.2) is 4.39 Å². The predicted molar refractivity (Wildman–Crippen MR) is 74.0 cm³/mol. The summed E-state index contributed by atoms with van der Waals surface area (Å²) in [6, 6.07) is 10.2. The van der Waals surface area contributed by atoms with E-state index in [9.17, 15) is 9.18 Å². The molecule has 4 heteroatoms. The quantitative estimate of drug-likeness (QED) is 0.849. The average Bonchev–Trinajstić information content (AvgIpc) is 2.74. The van der Waals surface area contributed by atoms with E-state index in [1.54, 1.807) is 24.3 Å². The summed E-state index contributed by atoms with van der Waals surface area (Å²) in [6.07, 6.45) is 1.30. The maximum Gasteiger partial charge on any atom is 0.163 e. The van der Waals surface area contributed by atoms with Crippen molar-refractivity contribution in [2.75, 3.05) is 5.73 Å². The van der Waals surface area contributed by atoms with Crippen LogP contribution >= 0.6 is 11.8 Å². The Morgan fingerprint density at radius 3 is 2.68 bits per heavy atom. The van der Waals surface area contributed by atoms with E-state index in [0.717, 1.165) is 22.4 Å². The van der Waals surface area contributed by atoms with Crippen molar-refractivity contribution in [3.63, 3.8) is 0 Å². The number of hydrogen-bond acceptors (Lipinski definition) is 3. The molecule has 2 aromatic rings. The van der Waals surface area contributed by atoms with Crippen molar-refractivity contribution in [3.8, 4) is 0 Å². The second-order valence-corrected chi connectivity index (χ2v) is 5.59. The predicted octanol–water partition coefficient (Wildman–Crippen LogP) is 3.69. The van der Waals surface area contributed by atoms with Crippen molar-refractivity contribution in [1.29, 1.82) is 0 Å². The summed E-state index contributed by atoms with van der Waals surface area (Å²) in [5.41, 5.74) is 8.31. The number of hydrogen-bond donors (Lipinski definition) is 1. The number of halogens is 1. The van der Waals surface area contributed by atoms with Crippen LogP contribution in [0.2, 0.25) is 0 Å². The molecule has 0 heterocycles. The smallest absolute Gasteiger partial charge is 0.163 e. The molecular formula is C15H12FNOS. The van der Waals surface area contributed by atoms with Gasteiger partial charge in [-0.05, 0) is 36.2 Å². The van der Waals surface area contributed by atoms with Gasteiger partial charge < -0.3 is 5.73 Å². The van der Waals surface area contributed by atoms with E-state index in [1.165, 1.54) is 17.8 Å². The van der Waals surface area contributed by atoms with Gasteiger partial charge in [0.15, 0.2) is 5.78 Å². The Bertz CT molecular complexity index is 669. The molecule has 0 saturated carbocycles. The van der Waals surface area contributed by atoms with Crippen molar-refractivity contribution in [2.24, 2.45) is 0 Å². The summed E-state index contributed by atoms with van der Waals surface area (Å²) in [5.74, 6) is -0.135. The van der Waals surface area contributed by atoms with Gasteiger partial charge in [0.2, 0.25) is 0 Å². The lowest BCUT2D eigenvalue weighted by Crippen LogP contribution is -1.96. The number of ketones is 1. The minimum atomic E-state index is -0.279. The fourth-order valence-electron chi connectivity index (χ4n) is 2.23. The van der Waals surface area contributed by atoms with Crippen LogP contribution in [0, 0.1) is 5.82 Å². The second-order valence-electron chi connectivity index (χ2n) is 4.50. The molecule has 1 aliphatic carbocycles. The summed E-state index contributed by atoms with van der Waals surface area (Å²) < 4.78 is 13.6. The maximum atomic E-state index is 13.6.